The summed E-state index contributed by atoms with van der Waals surface area (Å²) in [7, 11) is 14.1. The van der Waals surface area contributed by atoms with Gasteiger partial charge in [-0.25, -0.2) is 29.9 Å². The number of nitrogen functional groups attached to an aromatic ring is 1. The monoisotopic (exact) mass is 1410 g/mol. The molecule has 9 rings (SSSR count). The average Bonchev–Trinajstić information content (AvgIpc) is 0.812. The Morgan fingerprint density at radius 3 is 0.930 bits per heavy atom. The predicted octanol–water partition coefficient (Wildman–Crippen LogP) is 12.3. The number of halogens is 10. The molecule has 6 heterocycles. The van der Waals surface area contributed by atoms with E-state index in [4.69, 9.17) is 17.3 Å². The number of para-hydroxylation sites is 3. The molecule has 3 aromatic carbocycles. The highest BCUT2D eigenvalue weighted by Gasteiger charge is 2.37. The molecule has 0 unspecified atom stereocenters. The molecule has 0 fully saturated rings. The zero-order chi connectivity index (χ0) is 73.8. The summed E-state index contributed by atoms with van der Waals surface area (Å²) in [5.74, 6) is -0.686. The van der Waals surface area contributed by atoms with Crippen molar-refractivity contribution in [2.45, 2.75) is 18.5 Å². The maximum absolute atomic E-state index is 13.6. The van der Waals surface area contributed by atoms with Gasteiger partial charge in [-0.15, -0.1) is 0 Å². The Labute approximate surface area is 571 Å². The van der Waals surface area contributed by atoms with Crippen LogP contribution in [0.1, 0.15) is 78.8 Å². The Balaban J connectivity index is 0.000000221. The molecule has 34 heteroatoms. The minimum absolute atomic E-state index is 0.0671. The quantitative estimate of drug-likeness (QED) is 0.0321. The number of nitrogens with two attached hydrogens (primary N) is 1. The molecule has 6 amide bonds. The van der Waals surface area contributed by atoms with Gasteiger partial charge in [-0.2, -0.15) is 39.5 Å². The Morgan fingerprint density at radius 1 is 0.360 bits per heavy atom. The van der Waals surface area contributed by atoms with E-state index in [1.54, 1.807) is 103 Å². The summed E-state index contributed by atoms with van der Waals surface area (Å²) >= 11 is 5.67. The van der Waals surface area contributed by atoms with E-state index in [0.717, 1.165) is 6.07 Å². The first-order valence-electron chi connectivity index (χ1n) is 29.1. The van der Waals surface area contributed by atoms with Crippen LogP contribution < -0.4 is 48.3 Å². The van der Waals surface area contributed by atoms with E-state index in [9.17, 15) is 68.3 Å². The Bertz CT molecular complexity index is 4170. The molecule has 0 aliphatic carbocycles. The van der Waals surface area contributed by atoms with E-state index in [2.05, 4.69) is 72.4 Å². The van der Waals surface area contributed by atoms with Gasteiger partial charge in [0.2, 0.25) is 0 Å². The Morgan fingerprint density at radius 2 is 0.650 bits per heavy atom. The number of aromatic nitrogens is 6. The van der Waals surface area contributed by atoms with E-state index in [0.29, 0.717) is 41.1 Å². The maximum Gasteiger partial charge on any atom is 0.419 e. The van der Waals surface area contributed by atoms with Crippen molar-refractivity contribution in [1.29, 1.82) is 0 Å². The fraction of sp³-hybridized carbons (Fsp3) is 0.182. The fourth-order valence-electron chi connectivity index (χ4n) is 8.43. The van der Waals surface area contributed by atoms with E-state index in [1.807, 2.05) is 0 Å². The molecule has 0 radical (unpaired) electrons. The first-order valence-corrected chi connectivity index (χ1v) is 29.5. The molecule has 100 heavy (non-hydrogen) atoms. The minimum Gasteiger partial charge on any atom is -0.384 e. The summed E-state index contributed by atoms with van der Waals surface area (Å²) in [5, 5.41) is 20.9. The van der Waals surface area contributed by atoms with Crippen LogP contribution in [-0.4, -0.2) is 143 Å². The maximum atomic E-state index is 13.6. The van der Waals surface area contributed by atoms with Crippen LogP contribution in [0.4, 0.5) is 103 Å². The van der Waals surface area contributed by atoms with Crippen LogP contribution in [0, 0.1) is 0 Å². The van der Waals surface area contributed by atoms with E-state index in [-0.39, 0.29) is 97.0 Å². The van der Waals surface area contributed by atoms with Crippen LogP contribution in [0.5, 0.6) is 0 Å². The molecule has 524 valence electrons. The minimum atomic E-state index is -4.68. The van der Waals surface area contributed by atoms with Crippen molar-refractivity contribution in [1.82, 2.24) is 60.6 Å². The lowest BCUT2D eigenvalue weighted by molar-refractivity contribution is -0.138. The molecule has 6 aromatic heterocycles. The summed E-state index contributed by atoms with van der Waals surface area (Å²) in [6, 6.07) is 31.4. The number of rotatable bonds is 16. The molecule has 0 saturated carbocycles. The lowest BCUT2D eigenvalue weighted by atomic mass is 10.1. The fourth-order valence-corrected chi connectivity index (χ4v) is 8.59. The van der Waals surface area contributed by atoms with E-state index < -0.39 is 52.9 Å². The van der Waals surface area contributed by atoms with Crippen LogP contribution >= 0.6 is 11.6 Å². The second kappa shape index (κ2) is 34.2. The third-order valence-electron chi connectivity index (χ3n) is 13.4. The lowest BCUT2D eigenvalue weighted by Gasteiger charge is -2.17. The molecule has 0 saturated heterocycles. The highest BCUT2D eigenvalue weighted by Crippen LogP contribution is 2.40. The first-order chi connectivity index (χ1) is 47.1. The van der Waals surface area contributed by atoms with Gasteiger partial charge >= 0.3 is 18.5 Å². The number of nitrogens with one attached hydrogen (secondary N) is 8. The number of pyridine rings is 6. The van der Waals surface area contributed by atoms with Gasteiger partial charge < -0.3 is 63.0 Å². The number of alkyl halides is 9. The molecule has 0 atom stereocenters. The highest BCUT2D eigenvalue weighted by atomic mass is 35.5. The molecular formula is C66H64ClF9N18O6. The summed E-state index contributed by atoms with van der Waals surface area (Å²) in [5.41, 5.74) is 4.01. The van der Waals surface area contributed by atoms with E-state index in [1.165, 1.54) is 115 Å². The third-order valence-corrected chi connectivity index (χ3v) is 13.6. The highest BCUT2D eigenvalue weighted by molar-refractivity contribution is 6.29. The summed E-state index contributed by atoms with van der Waals surface area (Å²) in [4.78, 5) is 98.7. The second-order valence-corrected chi connectivity index (χ2v) is 21.6. The van der Waals surface area contributed by atoms with E-state index >= 15 is 0 Å². The number of nitrogens with zero attached hydrogens (tertiary/aromatic N) is 9. The van der Waals surface area contributed by atoms with Crippen molar-refractivity contribution in [3.05, 3.63) is 220 Å². The molecule has 0 aliphatic rings. The van der Waals surface area contributed by atoms with Crippen LogP contribution in [0.25, 0.3) is 0 Å². The number of anilines is 11. The zero-order valence-electron chi connectivity index (χ0n) is 54.4. The van der Waals surface area contributed by atoms with Gasteiger partial charge in [0.15, 0.2) is 0 Å². The first kappa shape index (κ1) is 76.9. The number of hydrogen-bond acceptors (Lipinski definition) is 18. The SMILES string of the molecule is CN(C)C(=O)c1ccc(N)nc1.CNC(=O)c1ccccc1Nc1cc(Cl)ncc1C(F)(F)F.CNC(=O)c1ccccc1Nc1cc(Nc2ccc(C(=O)N(C)C)cn2)ncc1C(F)(F)F.CNC(=O)c1ccccc1Nc1cc(Nc2ccc(C(=O)N(C)C)cn2)ncc1C(F)(F)F. The summed E-state index contributed by atoms with van der Waals surface area (Å²) in [6.07, 6.45) is -7.74. The number of carbonyl (C=O) groups is 6. The van der Waals surface area contributed by atoms with Crippen molar-refractivity contribution in [2.75, 3.05) is 95.7 Å². The molecular weight excluding hydrogens is 1350 g/mol. The molecule has 0 aliphatic heterocycles. The van der Waals surface area contributed by atoms with Crippen LogP contribution in [-0.2, 0) is 18.5 Å². The smallest absolute Gasteiger partial charge is 0.384 e. The van der Waals surface area contributed by atoms with Crippen molar-refractivity contribution in [3.8, 4) is 0 Å². The van der Waals surface area contributed by atoms with Crippen LogP contribution in [0.3, 0.4) is 0 Å². The number of benzene rings is 3. The Kier molecular flexibility index (Phi) is 26.3. The molecule has 0 bridgehead atoms. The average molecular weight is 1410 g/mol. The largest absolute Gasteiger partial charge is 0.419 e. The number of hydrogen-bond donors (Lipinski definition) is 9. The topological polar surface area (TPSA) is 312 Å². The lowest BCUT2D eigenvalue weighted by Crippen LogP contribution is -2.21. The van der Waals surface area contributed by atoms with Gasteiger partial charge in [-0.3, -0.25) is 28.8 Å². The zero-order valence-corrected chi connectivity index (χ0v) is 55.2. The van der Waals surface area contributed by atoms with Gasteiger partial charge in [0.1, 0.15) is 34.2 Å². The number of amides is 6. The van der Waals surface area contributed by atoms with Crippen molar-refractivity contribution in [3.63, 3.8) is 0 Å². The van der Waals surface area contributed by atoms with Gasteiger partial charge in [0, 0.05) is 113 Å². The standard InChI is InChI=1S/2C22H21F3N6O2.C14H11ClF3N3O.C8H11N3O/c2*1-26-20(32)14-6-4-5-7-16(14)29-17-10-19(28-12-15(17)22(23,24)25)30-18-9-8-13(11-27-18)21(33)31(2)3;1-19-13(22)8-4-2-3-5-10(8)21-11-6-12(15)20-7-9(11)14(16,17)18;1-11(2)8(12)6-3-4-7(9)10-5-6/h2*4-12H,1-3H3,(H,26,32)(H2,27,28,29,30);2-7H,1H3,(H,19,22)(H,20,21);3-5H,1-2H3,(H2,9,10). The van der Waals surface area contributed by atoms with Crippen molar-refractivity contribution in [2.24, 2.45) is 0 Å². The van der Waals surface area contributed by atoms with Crippen LogP contribution in [0.2, 0.25) is 5.15 Å². The van der Waals surface area contributed by atoms with Crippen molar-refractivity contribution >= 4 is 110 Å². The number of carbonyl (C=O) groups excluding carboxylic acids is 6. The second-order valence-electron chi connectivity index (χ2n) is 21.2. The molecule has 9 aromatic rings. The van der Waals surface area contributed by atoms with Gasteiger partial charge in [0.05, 0.1) is 84.2 Å². The third kappa shape index (κ3) is 21.4. The predicted molar refractivity (Wildman–Crippen MR) is 360 cm³/mol. The normalized spacial score (nSPS) is 10.8. The van der Waals surface area contributed by atoms with Crippen molar-refractivity contribution < 1.29 is 68.3 Å². The summed E-state index contributed by atoms with van der Waals surface area (Å²) in [6.45, 7) is 0. The Hall–Kier alpha value is -12.2. The molecule has 24 nitrogen and oxygen atoms in total. The summed E-state index contributed by atoms with van der Waals surface area (Å²) < 4.78 is 121. The van der Waals surface area contributed by atoms with Crippen LogP contribution in [0.15, 0.2) is 165 Å². The molecule has 10 N–H and O–H groups in total. The van der Waals surface area contributed by atoms with Gasteiger partial charge in [0.25, 0.3) is 35.4 Å². The van der Waals surface area contributed by atoms with Gasteiger partial charge in [-0.1, -0.05) is 48.0 Å². The van der Waals surface area contributed by atoms with Gasteiger partial charge in [-0.05, 0) is 78.9 Å². The molecule has 0 spiro atoms.